The lowest BCUT2D eigenvalue weighted by Gasteiger charge is -2.64. The molecule has 3 fully saturated rings. The predicted octanol–water partition coefficient (Wildman–Crippen LogP) is 3.76. The number of halogens is 2. The quantitative estimate of drug-likeness (QED) is 0.780. The van der Waals surface area contributed by atoms with Crippen molar-refractivity contribution in [2.24, 2.45) is 5.92 Å². The van der Waals surface area contributed by atoms with Crippen molar-refractivity contribution in [3.8, 4) is 0 Å². The van der Waals surface area contributed by atoms with Crippen LogP contribution in [0.25, 0.3) is 0 Å². The summed E-state index contributed by atoms with van der Waals surface area (Å²) in [6.07, 6.45) is 5.32. The van der Waals surface area contributed by atoms with E-state index >= 15 is 0 Å². The van der Waals surface area contributed by atoms with Gasteiger partial charge in [-0.1, -0.05) is 0 Å². The lowest BCUT2D eigenvalue weighted by molar-refractivity contribution is -0.128. The summed E-state index contributed by atoms with van der Waals surface area (Å²) >= 11 is 0. The molecule has 3 rings (SSSR count). The molecule has 1 unspecified atom stereocenters. The average molecular weight is 300 g/mol. The molecule has 1 aliphatic carbocycles. The number of nitrogens with zero attached hydrogens (tertiary/aromatic N) is 2. The largest absolute Gasteiger partial charge is 0.300 e. The summed E-state index contributed by atoms with van der Waals surface area (Å²) in [6, 6.07) is 1.14. The van der Waals surface area contributed by atoms with Crippen LogP contribution in [0.3, 0.4) is 0 Å². The number of rotatable bonds is 4. The molecular weight excluding hydrogens is 270 g/mol. The Balaban J connectivity index is 1.43. The van der Waals surface area contributed by atoms with Crippen molar-refractivity contribution in [3.63, 3.8) is 0 Å². The van der Waals surface area contributed by atoms with Gasteiger partial charge in [0, 0.05) is 50.1 Å². The number of alkyl halides is 2. The Kier molecular flexibility index (Phi) is 4.07. The van der Waals surface area contributed by atoms with Gasteiger partial charge in [-0.3, -0.25) is 4.90 Å². The number of hydrogen-bond donors (Lipinski definition) is 0. The molecule has 1 spiro atoms. The van der Waals surface area contributed by atoms with Crippen molar-refractivity contribution in [3.05, 3.63) is 0 Å². The molecular formula is C17H30F2N2. The minimum absolute atomic E-state index is 0.0487. The van der Waals surface area contributed by atoms with Crippen LogP contribution in [0, 0.1) is 5.92 Å². The van der Waals surface area contributed by atoms with Gasteiger partial charge in [0.1, 0.15) is 0 Å². The monoisotopic (exact) mass is 300 g/mol. The van der Waals surface area contributed by atoms with Crippen LogP contribution in [0.2, 0.25) is 0 Å². The van der Waals surface area contributed by atoms with E-state index in [1.165, 1.54) is 32.2 Å². The van der Waals surface area contributed by atoms with Crippen LogP contribution in [-0.2, 0) is 0 Å². The molecule has 0 amide bonds. The highest BCUT2D eigenvalue weighted by Crippen LogP contribution is 2.53. The third-order valence-electron chi connectivity index (χ3n) is 6.22. The molecule has 0 bridgehead atoms. The van der Waals surface area contributed by atoms with E-state index in [9.17, 15) is 8.78 Å². The molecule has 1 saturated carbocycles. The summed E-state index contributed by atoms with van der Waals surface area (Å²) in [6.45, 7) is 9.24. The Hall–Kier alpha value is -0.220. The van der Waals surface area contributed by atoms with Gasteiger partial charge in [-0.15, -0.1) is 0 Å². The Morgan fingerprint density at radius 1 is 1.00 bits per heavy atom. The van der Waals surface area contributed by atoms with Crippen molar-refractivity contribution >= 4 is 0 Å². The first-order valence-electron chi connectivity index (χ1n) is 8.70. The Bertz CT molecular complexity index is 367. The van der Waals surface area contributed by atoms with E-state index in [1.807, 2.05) is 0 Å². The third-order valence-corrected chi connectivity index (χ3v) is 6.22. The van der Waals surface area contributed by atoms with E-state index in [4.69, 9.17) is 0 Å². The van der Waals surface area contributed by atoms with Crippen molar-refractivity contribution in [1.29, 1.82) is 0 Å². The van der Waals surface area contributed by atoms with E-state index in [0.29, 0.717) is 30.7 Å². The zero-order valence-corrected chi connectivity index (χ0v) is 13.7. The SMILES string of the molecule is CC(CC1CC2(CCN2C(C)C)C1)N1CCC(F)(F)CC1. The summed E-state index contributed by atoms with van der Waals surface area (Å²) in [5.41, 5.74) is 0.521. The molecule has 3 aliphatic rings. The zero-order valence-electron chi connectivity index (χ0n) is 13.7. The standard InChI is InChI=1S/C17H30F2N2/c1-13(2)21-9-4-16(21)11-15(12-16)10-14(3)20-7-5-17(18,19)6-8-20/h13-15H,4-12H2,1-3H3. The maximum absolute atomic E-state index is 13.2. The van der Waals surface area contributed by atoms with Crippen LogP contribution in [0.1, 0.15) is 59.3 Å². The van der Waals surface area contributed by atoms with E-state index in [-0.39, 0.29) is 12.8 Å². The molecule has 0 radical (unpaired) electrons. The van der Waals surface area contributed by atoms with Gasteiger partial charge >= 0.3 is 0 Å². The van der Waals surface area contributed by atoms with Crippen LogP contribution in [0.5, 0.6) is 0 Å². The van der Waals surface area contributed by atoms with Gasteiger partial charge in [0.2, 0.25) is 0 Å². The van der Waals surface area contributed by atoms with Crippen LogP contribution in [-0.4, -0.2) is 53.0 Å². The summed E-state index contributed by atoms with van der Waals surface area (Å²) in [7, 11) is 0. The molecule has 21 heavy (non-hydrogen) atoms. The van der Waals surface area contributed by atoms with Crippen LogP contribution in [0.15, 0.2) is 0 Å². The summed E-state index contributed by atoms with van der Waals surface area (Å²) < 4.78 is 26.4. The molecule has 0 aromatic heterocycles. The fourth-order valence-corrected chi connectivity index (χ4v) is 4.91. The third kappa shape index (κ3) is 2.98. The van der Waals surface area contributed by atoms with Gasteiger partial charge in [0.25, 0.3) is 5.92 Å². The number of hydrogen-bond acceptors (Lipinski definition) is 2. The van der Waals surface area contributed by atoms with Crippen LogP contribution in [0.4, 0.5) is 8.78 Å². The maximum Gasteiger partial charge on any atom is 0.250 e. The predicted molar refractivity (Wildman–Crippen MR) is 81.7 cm³/mol. The smallest absolute Gasteiger partial charge is 0.250 e. The van der Waals surface area contributed by atoms with Crippen molar-refractivity contribution in [2.45, 2.75) is 82.8 Å². The van der Waals surface area contributed by atoms with E-state index in [0.717, 1.165) is 5.92 Å². The normalized spacial score (nSPS) is 38.3. The second kappa shape index (κ2) is 5.45. The van der Waals surface area contributed by atoms with Gasteiger partial charge in [-0.2, -0.15) is 0 Å². The molecule has 2 aliphatic heterocycles. The molecule has 0 aromatic rings. The summed E-state index contributed by atoms with van der Waals surface area (Å²) in [5.74, 6) is -1.61. The Morgan fingerprint density at radius 2 is 1.62 bits per heavy atom. The van der Waals surface area contributed by atoms with Gasteiger partial charge in [-0.05, 0) is 52.4 Å². The average Bonchev–Trinajstić information content (AvgIpc) is 2.30. The molecule has 0 N–H and O–H groups in total. The lowest BCUT2D eigenvalue weighted by Crippen LogP contribution is -2.68. The molecule has 4 heteroatoms. The first-order valence-corrected chi connectivity index (χ1v) is 8.70. The second-order valence-electron chi connectivity index (χ2n) is 8.01. The minimum Gasteiger partial charge on any atom is -0.300 e. The first-order chi connectivity index (χ1) is 9.81. The number of likely N-dealkylation sites (tertiary alicyclic amines) is 2. The summed E-state index contributed by atoms with van der Waals surface area (Å²) in [4.78, 5) is 4.94. The van der Waals surface area contributed by atoms with Gasteiger partial charge in [-0.25, -0.2) is 8.78 Å². The zero-order chi connectivity index (χ0) is 15.3. The van der Waals surface area contributed by atoms with Crippen molar-refractivity contribution < 1.29 is 8.78 Å². The Morgan fingerprint density at radius 3 is 2.10 bits per heavy atom. The summed E-state index contributed by atoms with van der Waals surface area (Å²) in [5, 5.41) is 0. The Labute approximate surface area is 127 Å². The topological polar surface area (TPSA) is 6.48 Å². The molecule has 2 saturated heterocycles. The van der Waals surface area contributed by atoms with Crippen LogP contribution >= 0.6 is 0 Å². The highest BCUT2D eigenvalue weighted by atomic mass is 19.3. The van der Waals surface area contributed by atoms with Gasteiger partial charge in [0.15, 0.2) is 0 Å². The second-order valence-corrected chi connectivity index (χ2v) is 8.01. The van der Waals surface area contributed by atoms with E-state index in [2.05, 4.69) is 30.6 Å². The molecule has 0 aromatic carbocycles. The minimum atomic E-state index is -2.42. The maximum atomic E-state index is 13.2. The van der Waals surface area contributed by atoms with Crippen molar-refractivity contribution in [1.82, 2.24) is 9.80 Å². The van der Waals surface area contributed by atoms with E-state index < -0.39 is 5.92 Å². The highest BCUT2D eigenvalue weighted by molar-refractivity contribution is 5.10. The fraction of sp³-hybridized carbons (Fsp3) is 1.00. The lowest BCUT2D eigenvalue weighted by atomic mass is 9.59. The fourth-order valence-electron chi connectivity index (χ4n) is 4.91. The van der Waals surface area contributed by atoms with Gasteiger partial charge < -0.3 is 4.90 Å². The number of piperidine rings is 1. The molecule has 122 valence electrons. The molecule has 2 nitrogen and oxygen atoms in total. The van der Waals surface area contributed by atoms with Gasteiger partial charge in [0.05, 0.1) is 0 Å². The molecule has 1 atom stereocenters. The molecule has 2 heterocycles. The highest BCUT2D eigenvalue weighted by Gasteiger charge is 2.54. The van der Waals surface area contributed by atoms with Crippen LogP contribution < -0.4 is 0 Å². The first kappa shape index (κ1) is 15.7. The van der Waals surface area contributed by atoms with E-state index in [1.54, 1.807) is 0 Å². The van der Waals surface area contributed by atoms with Crippen molar-refractivity contribution in [2.75, 3.05) is 19.6 Å².